The molecule has 0 spiro atoms. The Morgan fingerprint density at radius 2 is 1.88 bits per heavy atom. The number of rotatable bonds is 5. The van der Waals surface area contributed by atoms with E-state index in [1.54, 1.807) is 4.72 Å². The Morgan fingerprint density at radius 3 is 2.47 bits per heavy atom. The molecule has 180 valence electrons. The highest BCUT2D eigenvalue weighted by Gasteiger charge is 2.39. The summed E-state index contributed by atoms with van der Waals surface area (Å²) in [6, 6.07) is 8.79. The van der Waals surface area contributed by atoms with Crippen LogP contribution in [0, 0.1) is 18.3 Å². The molecule has 0 bridgehead atoms. The molecule has 0 amide bonds. The molecule has 1 atom stereocenters. The Kier molecular flexibility index (Phi) is 6.44. The van der Waals surface area contributed by atoms with Gasteiger partial charge in [0, 0.05) is 17.6 Å². The van der Waals surface area contributed by atoms with Gasteiger partial charge in [-0.2, -0.15) is 23.2 Å². The van der Waals surface area contributed by atoms with Crippen molar-refractivity contribution in [2.45, 2.75) is 69.1 Å². The van der Waals surface area contributed by atoms with E-state index in [0.717, 1.165) is 61.7 Å². The van der Waals surface area contributed by atoms with Crippen LogP contribution in [0.5, 0.6) is 0 Å². The number of pyridine rings is 1. The Bertz CT molecular complexity index is 1350. The van der Waals surface area contributed by atoms with Crippen molar-refractivity contribution in [3.05, 3.63) is 47.7 Å². The molecule has 2 aromatic heterocycles. The maximum atomic E-state index is 12.8. The summed E-state index contributed by atoms with van der Waals surface area (Å²) in [4.78, 5) is 3.92. The lowest BCUT2D eigenvalue weighted by atomic mass is 9.95. The van der Waals surface area contributed by atoms with Crippen LogP contribution in [-0.2, 0) is 10.0 Å². The maximum Gasteiger partial charge on any atom is 0.404 e. The van der Waals surface area contributed by atoms with Crippen molar-refractivity contribution in [1.29, 1.82) is 5.26 Å². The lowest BCUT2D eigenvalue weighted by Gasteiger charge is -2.26. The minimum atomic E-state index is -4.71. The summed E-state index contributed by atoms with van der Waals surface area (Å²) in [6.45, 7) is 2.72. The van der Waals surface area contributed by atoms with Crippen molar-refractivity contribution in [2.24, 2.45) is 0 Å². The van der Waals surface area contributed by atoms with Crippen LogP contribution in [0.4, 0.5) is 13.2 Å². The Hall–Kier alpha value is -2.90. The van der Waals surface area contributed by atoms with E-state index in [1.165, 1.54) is 12.1 Å². The number of nitrogens with one attached hydrogen (secondary N) is 1. The number of nitrogens with zero attached hydrogens (tertiary/aromatic N) is 3. The third-order valence-corrected chi connectivity index (χ3v) is 7.85. The molecule has 6 nitrogen and oxygen atoms in total. The highest BCUT2D eigenvalue weighted by Crippen LogP contribution is 2.40. The number of benzene rings is 1. The number of aryl methyl sites for hydroxylation is 1. The zero-order valence-corrected chi connectivity index (χ0v) is 19.7. The highest BCUT2D eigenvalue weighted by molar-refractivity contribution is 7.89. The Labute approximate surface area is 196 Å². The van der Waals surface area contributed by atoms with Crippen LogP contribution in [0.1, 0.15) is 56.2 Å². The fourth-order valence-electron chi connectivity index (χ4n) is 4.55. The first-order chi connectivity index (χ1) is 16.0. The number of alkyl halides is 3. The molecular formula is C24H25F3N4O2S. The number of sulfonamides is 1. The van der Waals surface area contributed by atoms with Crippen LogP contribution in [0.25, 0.3) is 22.3 Å². The van der Waals surface area contributed by atoms with E-state index in [4.69, 9.17) is 0 Å². The highest BCUT2D eigenvalue weighted by atomic mass is 32.2. The van der Waals surface area contributed by atoms with Crippen molar-refractivity contribution in [1.82, 2.24) is 14.3 Å². The summed E-state index contributed by atoms with van der Waals surface area (Å²) in [7, 11) is -4.42. The number of fused-ring (bicyclic) bond motifs is 1. The molecule has 0 radical (unpaired) electrons. The molecule has 0 saturated heterocycles. The third-order valence-electron chi connectivity index (χ3n) is 6.32. The van der Waals surface area contributed by atoms with Gasteiger partial charge in [0.05, 0.1) is 22.5 Å². The van der Waals surface area contributed by atoms with Gasteiger partial charge in [-0.05, 0) is 50.5 Å². The molecule has 1 saturated carbocycles. The van der Waals surface area contributed by atoms with Gasteiger partial charge in [0.25, 0.3) is 0 Å². The fraction of sp³-hybridized carbons (Fsp3) is 0.417. The van der Waals surface area contributed by atoms with Crippen LogP contribution < -0.4 is 4.72 Å². The molecule has 1 fully saturated rings. The van der Waals surface area contributed by atoms with Gasteiger partial charge in [0.15, 0.2) is 0 Å². The molecule has 1 aromatic carbocycles. The fourth-order valence-corrected chi connectivity index (χ4v) is 5.72. The van der Waals surface area contributed by atoms with Crippen molar-refractivity contribution >= 4 is 20.9 Å². The van der Waals surface area contributed by atoms with Crippen molar-refractivity contribution in [3.8, 4) is 17.5 Å². The normalized spacial score (nSPS) is 16.5. The van der Waals surface area contributed by atoms with Crippen molar-refractivity contribution < 1.29 is 21.6 Å². The Morgan fingerprint density at radius 1 is 1.18 bits per heavy atom. The van der Waals surface area contributed by atoms with Crippen LogP contribution >= 0.6 is 0 Å². The van der Waals surface area contributed by atoms with Gasteiger partial charge in [-0.25, -0.2) is 8.42 Å². The lowest BCUT2D eigenvalue weighted by molar-refractivity contribution is -0.147. The largest absolute Gasteiger partial charge is 0.404 e. The van der Waals surface area contributed by atoms with Crippen LogP contribution in [0.15, 0.2) is 41.4 Å². The molecule has 0 aliphatic heterocycles. The predicted octanol–water partition coefficient (Wildman–Crippen LogP) is 5.62. The van der Waals surface area contributed by atoms with Gasteiger partial charge in [-0.1, -0.05) is 31.4 Å². The van der Waals surface area contributed by atoms with E-state index < -0.39 is 22.2 Å². The average molecular weight is 491 g/mol. The molecule has 1 aliphatic rings. The minimum Gasteiger partial charge on any atom is -0.335 e. The monoisotopic (exact) mass is 490 g/mol. The number of halogens is 3. The number of aromatic nitrogens is 2. The van der Waals surface area contributed by atoms with Crippen LogP contribution in [-0.4, -0.2) is 30.2 Å². The predicted molar refractivity (Wildman–Crippen MR) is 123 cm³/mol. The standard InChI is InChI=1S/C24H25F3N4O2S/c1-15-8-10-19-20(13-28)23(31(22(19)12-15)17-6-4-3-5-7-17)21-11-9-18(14-29-21)34(32,33)30-16(2)24(25,26)27/h8-12,14,16-17,30H,3-7H2,1-2H3/t16-/m1/s1. The summed E-state index contributed by atoms with van der Waals surface area (Å²) in [6.07, 6.45) is 1.56. The molecule has 1 N–H and O–H groups in total. The minimum absolute atomic E-state index is 0.176. The molecule has 0 unspecified atom stereocenters. The van der Waals surface area contributed by atoms with E-state index >= 15 is 0 Å². The van der Waals surface area contributed by atoms with Gasteiger partial charge in [0.1, 0.15) is 17.0 Å². The molecule has 10 heteroatoms. The summed E-state index contributed by atoms with van der Waals surface area (Å²) in [5, 5.41) is 10.8. The van der Waals surface area contributed by atoms with Gasteiger partial charge in [-0.3, -0.25) is 4.98 Å². The molecule has 34 heavy (non-hydrogen) atoms. The molecule has 3 aromatic rings. The van der Waals surface area contributed by atoms with E-state index in [1.807, 2.05) is 25.1 Å². The maximum absolute atomic E-state index is 12.8. The second-order valence-electron chi connectivity index (χ2n) is 8.78. The summed E-state index contributed by atoms with van der Waals surface area (Å²) >= 11 is 0. The molecule has 2 heterocycles. The van der Waals surface area contributed by atoms with Crippen LogP contribution in [0.2, 0.25) is 0 Å². The smallest absolute Gasteiger partial charge is 0.335 e. The zero-order chi connectivity index (χ0) is 24.7. The molecular weight excluding hydrogens is 465 g/mol. The second kappa shape index (κ2) is 9.04. The van der Waals surface area contributed by atoms with Crippen molar-refractivity contribution in [2.75, 3.05) is 0 Å². The van der Waals surface area contributed by atoms with Gasteiger partial charge >= 0.3 is 6.18 Å². The SMILES string of the molecule is Cc1ccc2c(C#N)c(-c3ccc(S(=O)(=O)N[C@H](C)C(F)(F)F)cn3)n(C3CCCCC3)c2c1. The van der Waals surface area contributed by atoms with Gasteiger partial charge in [-0.15, -0.1) is 0 Å². The van der Waals surface area contributed by atoms with E-state index in [2.05, 4.69) is 15.6 Å². The first kappa shape index (κ1) is 24.2. The van der Waals surface area contributed by atoms with E-state index in [0.29, 0.717) is 17.0 Å². The summed E-state index contributed by atoms with van der Waals surface area (Å²) in [5.74, 6) is 0. The van der Waals surface area contributed by atoms with Gasteiger partial charge in [0.2, 0.25) is 10.0 Å². The first-order valence-corrected chi connectivity index (χ1v) is 12.6. The van der Waals surface area contributed by atoms with Gasteiger partial charge < -0.3 is 4.57 Å². The quantitative estimate of drug-likeness (QED) is 0.503. The number of hydrogen-bond donors (Lipinski definition) is 1. The number of nitriles is 1. The van der Waals surface area contributed by atoms with E-state index in [-0.39, 0.29) is 10.9 Å². The Balaban J connectivity index is 1.82. The molecule has 1 aliphatic carbocycles. The lowest BCUT2D eigenvalue weighted by Crippen LogP contribution is -2.42. The molecule has 4 rings (SSSR count). The summed E-state index contributed by atoms with van der Waals surface area (Å²) in [5.41, 5.74) is 3.44. The second-order valence-corrected chi connectivity index (χ2v) is 10.5. The number of hydrogen-bond acceptors (Lipinski definition) is 4. The topological polar surface area (TPSA) is 87.8 Å². The summed E-state index contributed by atoms with van der Waals surface area (Å²) < 4.78 is 67.2. The van der Waals surface area contributed by atoms with Crippen molar-refractivity contribution in [3.63, 3.8) is 0 Å². The first-order valence-electron chi connectivity index (χ1n) is 11.1. The average Bonchev–Trinajstić information content (AvgIpc) is 3.12. The zero-order valence-electron chi connectivity index (χ0n) is 18.9. The van der Waals surface area contributed by atoms with Crippen LogP contribution in [0.3, 0.4) is 0 Å². The van der Waals surface area contributed by atoms with E-state index in [9.17, 15) is 26.9 Å². The third kappa shape index (κ3) is 4.55.